The van der Waals surface area contributed by atoms with E-state index >= 15 is 0 Å². The first-order chi connectivity index (χ1) is 14.5. The number of benzene rings is 2. The highest BCUT2D eigenvalue weighted by Crippen LogP contribution is 2.37. The van der Waals surface area contributed by atoms with E-state index in [0.717, 1.165) is 44.5 Å². The summed E-state index contributed by atoms with van der Waals surface area (Å²) in [6, 6.07) is 19.0. The van der Waals surface area contributed by atoms with Crippen molar-refractivity contribution in [3.8, 4) is 0 Å². The van der Waals surface area contributed by atoms with Gasteiger partial charge < -0.3 is 15.0 Å². The van der Waals surface area contributed by atoms with E-state index in [1.165, 1.54) is 11.1 Å². The van der Waals surface area contributed by atoms with Gasteiger partial charge in [-0.05, 0) is 57.0 Å². The van der Waals surface area contributed by atoms with Crippen LogP contribution < -0.4 is 5.32 Å². The quantitative estimate of drug-likeness (QED) is 0.824. The van der Waals surface area contributed by atoms with Gasteiger partial charge in [0.15, 0.2) is 6.10 Å². The van der Waals surface area contributed by atoms with Gasteiger partial charge in [-0.3, -0.25) is 9.69 Å². The number of aryl methyl sites for hydroxylation is 1. The number of methoxy groups -OCH3 is 1. The Morgan fingerprint density at radius 1 is 1.10 bits per heavy atom. The minimum absolute atomic E-state index is 0.00653. The smallest absolute Gasteiger partial charge is 0.253 e. The molecule has 0 bridgehead atoms. The fraction of sp³-hybridized carbons (Fsp3) is 0.480. The number of nitrogens with one attached hydrogen (secondary N) is 1. The van der Waals surface area contributed by atoms with Crippen LogP contribution in [0.5, 0.6) is 0 Å². The third kappa shape index (κ3) is 3.84. The molecular weight excluding hydrogens is 374 g/mol. The van der Waals surface area contributed by atoms with Crippen molar-refractivity contribution in [3.63, 3.8) is 0 Å². The zero-order chi connectivity index (χ0) is 21.1. The van der Waals surface area contributed by atoms with Crippen LogP contribution in [0.3, 0.4) is 0 Å². The summed E-state index contributed by atoms with van der Waals surface area (Å²) in [5.74, 6) is 0.106. The molecular formula is C25H33N3O2. The summed E-state index contributed by atoms with van der Waals surface area (Å²) < 4.78 is 5.74. The lowest BCUT2D eigenvalue weighted by atomic mass is 9.79. The monoisotopic (exact) mass is 407 g/mol. The van der Waals surface area contributed by atoms with Crippen LogP contribution in [-0.4, -0.2) is 62.1 Å². The molecule has 2 aliphatic rings. The van der Waals surface area contributed by atoms with Crippen LogP contribution in [0.15, 0.2) is 54.6 Å². The minimum atomic E-state index is -0.457. The lowest BCUT2D eigenvalue weighted by Crippen LogP contribution is -2.56. The third-order valence-electron chi connectivity index (χ3n) is 7.02. The molecule has 0 aromatic heterocycles. The van der Waals surface area contributed by atoms with Crippen molar-refractivity contribution in [1.82, 2.24) is 9.80 Å². The van der Waals surface area contributed by atoms with Crippen molar-refractivity contribution in [2.75, 3.05) is 39.6 Å². The summed E-state index contributed by atoms with van der Waals surface area (Å²) in [6.07, 6.45) is 3.27. The van der Waals surface area contributed by atoms with Gasteiger partial charge in [0.25, 0.3) is 5.91 Å². The second-order valence-electron chi connectivity index (χ2n) is 8.72. The molecule has 2 atom stereocenters. The molecule has 1 N–H and O–H groups in total. The lowest BCUT2D eigenvalue weighted by molar-refractivity contribution is -0.145. The number of hydrogen-bond donors (Lipinski definition) is 1. The third-order valence-corrected chi connectivity index (χ3v) is 7.02. The molecule has 2 aliphatic heterocycles. The van der Waals surface area contributed by atoms with E-state index in [-0.39, 0.29) is 17.5 Å². The van der Waals surface area contributed by atoms with Crippen LogP contribution in [0.4, 0.5) is 5.69 Å². The Balaban J connectivity index is 1.45. The first-order valence-corrected chi connectivity index (χ1v) is 10.9. The van der Waals surface area contributed by atoms with E-state index in [4.69, 9.17) is 4.74 Å². The first-order valence-electron chi connectivity index (χ1n) is 10.9. The number of piperidine rings is 1. The number of rotatable bonds is 5. The van der Waals surface area contributed by atoms with Gasteiger partial charge in [0, 0.05) is 31.4 Å². The van der Waals surface area contributed by atoms with Crippen molar-refractivity contribution in [3.05, 3.63) is 65.7 Å². The number of hydrogen-bond acceptors (Lipinski definition) is 4. The average molecular weight is 408 g/mol. The van der Waals surface area contributed by atoms with Crippen LogP contribution in [0.25, 0.3) is 0 Å². The Labute approximate surface area is 180 Å². The molecule has 0 aliphatic carbocycles. The van der Waals surface area contributed by atoms with Crippen molar-refractivity contribution in [1.29, 1.82) is 0 Å². The zero-order valence-electron chi connectivity index (χ0n) is 18.3. The Morgan fingerprint density at radius 3 is 2.43 bits per heavy atom. The van der Waals surface area contributed by atoms with Crippen molar-refractivity contribution >= 4 is 11.6 Å². The summed E-state index contributed by atoms with van der Waals surface area (Å²) in [4.78, 5) is 17.7. The van der Waals surface area contributed by atoms with Gasteiger partial charge in [0.2, 0.25) is 0 Å². The Hall–Kier alpha value is -2.37. The zero-order valence-corrected chi connectivity index (χ0v) is 18.3. The largest absolute Gasteiger partial charge is 0.379 e. The minimum Gasteiger partial charge on any atom is -0.379 e. The highest BCUT2D eigenvalue weighted by Gasteiger charge is 2.41. The highest BCUT2D eigenvalue weighted by molar-refractivity contribution is 5.82. The molecule has 30 heavy (non-hydrogen) atoms. The van der Waals surface area contributed by atoms with Gasteiger partial charge in [0.1, 0.15) is 0 Å². The van der Waals surface area contributed by atoms with Gasteiger partial charge in [-0.1, -0.05) is 48.5 Å². The van der Waals surface area contributed by atoms with Gasteiger partial charge in [-0.25, -0.2) is 0 Å². The van der Waals surface area contributed by atoms with Crippen LogP contribution in [0.2, 0.25) is 0 Å². The summed E-state index contributed by atoms with van der Waals surface area (Å²) in [5.41, 5.74) is 3.74. The van der Waals surface area contributed by atoms with E-state index in [1.54, 1.807) is 7.11 Å². The standard InChI is InChI=1S/C25H33N3O2/c1-27(2)25(20-10-5-4-6-11-20)15-17-28(18-16-25)24(29)23(30-3)22-14-13-19-9-7-8-12-21(19)26-22/h4-12,22-23,26H,13-18H2,1-3H3. The van der Waals surface area contributed by atoms with Gasteiger partial charge in [-0.15, -0.1) is 0 Å². The number of carbonyl (C=O) groups excluding carboxylic acids is 1. The van der Waals surface area contributed by atoms with Crippen LogP contribution in [0.1, 0.15) is 30.4 Å². The molecule has 2 aromatic carbocycles. The van der Waals surface area contributed by atoms with Crippen molar-refractivity contribution in [2.24, 2.45) is 0 Å². The van der Waals surface area contributed by atoms with Crippen LogP contribution >= 0.6 is 0 Å². The number of nitrogens with zero attached hydrogens (tertiary/aromatic N) is 2. The lowest BCUT2D eigenvalue weighted by Gasteiger charge is -2.47. The Morgan fingerprint density at radius 2 is 1.77 bits per heavy atom. The number of anilines is 1. The molecule has 4 rings (SSSR count). The fourth-order valence-corrected chi connectivity index (χ4v) is 5.15. The second-order valence-corrected chi connectivity index (χ2v) is 8.72. The molecule has 5 heteroatoms. The molecule has 0 spiro atoms. The maximum Gasteiger partial charge on any atom is 0.253 e. The molecule has 2 heterocycles. The van der Waals surface area contributed by atoms with E-state index in [2.05, 4.69) is 72.8 Å². The second kappa shape index (κ2) is 8.78. The molecule has 2 aromatic rings. The molecule has 1 fully saturated rings. The van der Waals surface area contributed by atoms with Gasteiger partial charge in [-0.2, -0.15) is 0 Å². The number of para-hydroxylation sites is 1. The number of amides is 1. The molecule has 160 valence electrons. The number of ether oxygens (including phenoxy) is 1. The predicted molar refractivity (Wildman–Crippen MR) is 121 cm³/mol. The number of carbonyl (C=O) groups is 1. The summed E-state index contributed by atoms with van der Waals surface area (Å²) >= 11 is 0. The van der Waals surface area contributed by atoms with E-state index in [0.29, 0.717) is 0 Å². The van der Waals surface area contributed by atoms with Gasteiger partial charge >= 0.3 is 0 Å². The molecule has 0 saturated carbocycles. The number of fused-ring (bicyclic) bond motifs is 1. The topological polar surface area (TPSA) is 44.8 Å². The summed E-state index contributed by atoms with van der Waals surface area (Å²) in [5, 5.41) is 3.55. The Bertz CT molecular complexity index is 860. The van der Waals surface area contributed by atoms with E-state index in [1.807, 2.05) is 11.0 Å². The predicted octanol–water partition coefficient (Wildman–Crippen LogP) is 3.51. The SMILES string of the molecule is COC(C(=O)N1CCC(c2ccccc2)(N(C)C)CC1)C1CCc2ccccc2N1. The van der Waals surface area contributed by atoms with Crippen LogP contribution in [-0.2, 0) is 21.5 Å². The van der Waals surface area contributed by atoms with E-state index in [9.17, 15) is 4.79 Å². The summed E-state index contributed by atoms with van der Waals surface area (Å²) in [7, 11) is 5.94. The molecule has 1 amide bonds. The van der Waals surface area contributed by atoms with Crippen molar-refractivity contribution in [2.45, 2.75) is 43.4 Å². The highest BCUT2D eigenvalue weighted by atomic mass is 16.5. The Kier molecular flexibility index (Phi) is 6.11. The van der Waals surface area contributed by atoms with Crippen LogP contribution in [0, 0.1) is 0 Å². The average Bonchev–Trinajstić information content (AvgIpc) is 2.80. The number of likely N-dealkylation sites (tertiary alicyclic amines) is 1. The summed E-state index contributed by atoms with van der Waals surface area (Å²) in [6.45, 7) is 1.49. The molecule has 2 unspecified atom stereocenters. The van der Waals surface area contributed by atoms with Gasteiger partial charge in [0.05, 0.1) is 6.04 Å². The molecule has 5 nitrogen and oxygen atoms in total. The normalized spacial score (nSPS) is 21.6. The van der Waals surface area contributed by atoms with Crippen molar-refractivity contribution < 1.29 is 9.53 Å². The first kappa shape index (κ1) is 20.9. The molecule has 1 saturated heterocycles. The van der Waals surface area contributed by atoms with E-state index < -0.39 is 6.10 Å². The maximum atomic E-state index is 13.4. The maximum absolute atomic E-state index is 13.4. The fourth-order valence-electron chi connectivity index (χ4n) is 5.15. The molecule has 0 radical (unpaired) electrons.